The van der Waals surface area contributed by atoms with E-state index in [4.69, 9.17) is 11.6 Å². The molecule has 0 saturated heterocycles. The average molecular weight is 364 g/mol. The van der Waals surface area contributed by atoms with Gasteiger partial charge in [-0.1, -0.05) is 35.9 Å². The lowest BCUT2D eigenvalue weighted by atomic mass is 10.3. The van der Waals surface area contributed by atoms with Crippen molar-refractivity contribution in [3.63, 3.8) is 0 Å². The molecular formula is C15H14ClN5O2S. The molecule has 24 heavy (non-hydrogen) atoms. The first-order valence-corrected chi connectivity index (χ1v) is 8.95. The van der Waals surface area contributed by atoms with Gasteiger partial charge in [0.25, 0.3) is 0 Å². The van der Waals surface area contributed by atoms with Gasteiger partial charge in [-0.25, -0.2) is 13.1 Å². The molecule has 2 aromatic carbocycles. The Morgan fingerprint density at radius 3 is 2.58 bits per heavy atom. The molecule has 0 aliphatic carbocycles. The normalized spacial score (nSPS) is 12.9. The van der Waals surface area contributed by atoms with Crippen LogP contribution in [0.1, 0.15) is 18.8 Å². The third kappa shape index (κ3) is 3.45. The van der Waals surface area contributed by atoms with Gasteiger partial charge in [-0.05, 0) is 47.7 Å². The highest BCUT2D eigenvalue weighted by Gasteiger charge is 2.23. The molecule has 0 aliphatic rings. The SMILES string of the molecule is CC(NS(=O)(=O)c1cccc(Cl)c1)c1nnnn1-c1ccccc1. The fourth-order valence-corrected chi connectivity index (χ4v) is 3.71. The predicted octanol–water partition coefficient (Wildman–Crippen LogP) is 2.36. The van der Waals surface area contributed by atoms with E-state index in [9.17, 15) is 8.42 Å². The average Bonchev–Trinajstić information content (AvgIpc) is 3.05. The molecule has 7 nitrogen and oxygen atoms in total. The van der Waals surface area contributed by atoms with Crippen molar-refractivity contribution in [1.29, 1.82) is 0 Å². The lowest BCUT2D eigenvalue weighted by Crippen LogP contribution is -2.28. The number of hydrogen-bond acceptors (Lipinski definition) is 5. The van der Waals surface area contributed by atoms with Gasteiger partial charge in [0.15, 0.2) is 5.82 Å². The second kappa shape index (κ2) is 6.68. The topological polar surface area (TPSA) is 89.8 Å². The van der Waals surface area contributed by atoms with Crippen LogP contribution in [0.3, 0.4) is 0 Å². The highest BCUT2D eigenvalue weighted by molar-refractivity contribution is 7.89. The number of aromatic nitrogens is 4. The maximum atomic E-state index is 12.5. The summed E-state index contributed by atoms with van der Waals surface area (Å²) in [6.45, 7) is 1.67. The molecule has 1 aromatic heterocycles. The van der Waals surface area contributed by atoms with E-state index in [0.717, 1.165) is 5.69 Å². The molecule has 0 fully saturated rings. The van der Waals surface area contributed by atoms with E-state index in [-0.39, 0.29) is 4.90 Å². The molecule has 3 rings (SSSR count). The van der Waals surface area contributed by atoms with E-state index in [1.807, 2.05) is 30.3 Å². The molecule has 3 aromatic rings. The van der Waals surface area contributed by atoms with E-state index in [0.29, 0.717) is 10.8 Å². The zero-order valence-corrected chi connectivity index (χ0v) is 14.2. The fraction of sp³-hybridized carbons (Fsp3) is 0.133. The van der Waals surface area contributed by atoms with Gasteiger partial charge in [0.05, 0.1) is 16.6 Å². The molecule has 0 saturated carbocycles. The van der Waals surface area contributed by atoms with E-state index >= 15 is 0 Å². The van der Waals surface area contributed by atoms with Crippen molar-refractivity contribution in [3.8, 4) is 5.69 Å². The largest absolute Gasteiger partial charge is 0.241 e. The number of sulfonamides is 1. The van der Waals surface area contributed by atoms with Gasteiger partial charge in [0.1, 0.15) is 0 Å². The number of nitrogens with one attached hydrogen (secondary N) is 1. The molecule has 9 heteroatoms. The van der Waals surface area contributed by atoms with Crippen LogP contribution in [0.4, 0.5) is 0 Å². The standard InChI is InChI=1S/C15H14ClN5O2S/c1-11(18-24(22,23)14-9-5-6-12(16)10-14)15-17-19-20-21(15)13-7-3-2-4-8-13/h2-11,18H,1H3. The van der Waals surface area contributed by atoms with Crippen LogP contribution in [0.25, 0.3) is 5.69 Å². The maximum absolute atomic E-state index is 12.5. The van der Waals surface area contributed by atoms with Crippen LogP contribution in [0.15, 0.2) is 59.5 Å². The van der Waals surface area contributed by atoms with Crippen LogP contribution >= 0.6 is 11.6 Å². The van der Waals surface area contributed by atoms with Gasteiger partial charge in [-0.15, -0.1) is 5.10 Å². The molecule has 0 spiro atoms. The number of hydrogen-bond donors (Lipinski definition) is 1. The zero-order valence-electron chi connectivity index (χ0n) is 12.7. The maximum Gasteiger partial charge on any atom is 0.241 e. The van der Waals surface area contributed by atoms with Crippen molar-refractivity contribution < 1.29 is 8.42 Å². The van der Waals surface area contributed by atoms with E-state index in [1.54, 1.807) is 19.1 Å². The van der Waals surface area contributed by atoms with Crippen LogP contribution in [0.5, 0.6) is 0 Å². The van der Waals surface area contributed by atoms with Gasteiger partial charge in [-0.3, -0.25) is 0 Å². The number of tetrazole rings is 1. The molecule has 0 amide bonds. The summed E-state index contributed by atoms with van der Waals surface area (Å²) in [5.41, 5.74) is 0.742. The Morgan fingerprint density at radius 1 is 1.12 bits per heavy atom. The lowest BCUT2D eigenvalue weighted by molar-refractivity contribution is 0.555. The zero-order chi connectivity index (χ0) is 17.2. The summed E-state index contributed by atoms with van der Waals surface area (Å²) in [6.07, 6.45) is 0. The van der Waals surface area contributed by atoms with Crippen LogP contribution in [-0.2, 0) is 10.0 Å². The number of nitrogens with zero attached hydrogens (tertiary/aromatic N) is 4. The van der Waals surface area contributed by atoms with Gasteiger partial charge < -0.3 is 0 Å². The Kier molecular flexibility index (Phi) is 4.61. The second-order valence-electron chi connectivity index (χ2n) is 5.08. The van der Waals surface area contributed by atoms with Gasteiger partial charge >= 0.3 is 0 Å². The second-order valence-corrected chi connectivity index (χ2v) is 7.24. The highest BCUT2D eigenvalue weighted by atomic mass is 35.5. The molecule has 0 aliphatic heterocycles. The van der Waals surface area contributed by atoms with Crippen molar-refractivity contribution in [2.45, 2.75) is 17.9 Å². The Balaban J connectivity index is 1.89. The smallest absolute Gasteiger partial charge is 0.207 e. The minimum Gasteiger partial charge on any atom is -0.207 e. The van der Waals surface area contributed by atoms with Gasteiger partial charge in [0, 0.05) is 5.02 Å². The van der Waals surface area contributed by atoms with Crippen molar-refractivity contribution in [2.75, 3.05) is 0 Å². The number of benzene rings is 2. The molecule has 124 valence electrons. The highest BCUT2D eigenvalue weighted by Crippen LogP contribution is 2.19. The van der Waals surface area contributed by atoms with Crippen molar-refractivity contribution >= 4 is 21.6 Å². The summed E-state index contributed by atoms with van der Waals surface area (Å²) < 4.78 is 29.0. The van der Waals surface area contributed by atoms with Crippen LogP contribution < -0.4 is 4.72 Å². The Bertz CT molecular complexity index is 943. The summed E-state index contributed by atoms with van der Waals surface area (Å²) in [4.78, 5) is 0.0839. The molecule has 1 unspecified atom stereocenters. The number of para-hydroxylation sites is 1. The monoisotopic (exact) mass is 363 g/mol. The summed E-state index contributed by atoms with van der Waals surface area (Å²) >= 11 is 5.86. The van der Waals surface area contributed by atoms with E-state index in [2.05, 4.69) is 20.2 Å². The first-order chi connectivity index (χ1) is 11.5. The van der Waals surface area contributed by atoms with Gasteiger partial charge in [0.2, 0.25) is 10.0 Å². The first-order valence-electron chi connectivity index (χ1n) is 7.09. The quantitative estimate of drug-likeness (QED) is 0.751. The summed E-state index contributed by atoms with van der Waals surface area (Å²) in [6, 6.07) is 14.6. The molecular weight excluding hydrogens is 350 g/mol. The number of rotatable bonds is 5. The minimum absolute atomic E-state index is 0.0839. The molecule has 0 bridgehead atoms. The van der Waals surface area contributed by atoms with Crippen molar-refractivity contribution in [3.05, 3.63) is 65.4 Å². The molecule has 1 atom stereocenters. The molecule has 1 heterocycles. The lowest BCUT2D eigenvalue weighted by Gasteiger charge is -2.14. The fourth-order valence-electron chi connectivity index (χ4n) is 2.20. The predicted molar refractivity (Wildman–Crippen MR) is 89.3 cm³/mol. The Morgan fingerprint density at radius 2 is 1.88 bits per heavy atom. The van der Waals surface area contributed by atoms with Crippen molar-refractivity contribution in [1.82, 2.24) is 24.9 Å². The third-order valence-electron chi connectivity index (χ3n) is 3.32. The summed E-state index contributed by atoms with van der Waals surface area (Å²) in [7, 11) is -3.75. The van der Waals surface area contributed by atoms with Crippen LogP contribution in [0, 0.1) is 0 Å². The van der Waals surface area contributed by atoms with E-state index < -0.39 is 16.1 Å². The summed E-state index contributed by atoms with van der Waals surface area (Å²) in [5.74, 6) is 0.381. The number of halogens is 1. The summed E-state index contributed by atoms with van der Waals surface area (Å²) in [5, 5.41) is 11.9. The van der Waals surface area contributed by atoms with Gasteiger partial charge in [-0.2, -0.15) is 4.68 Å². The third-order valence-corrected chi connectivity index (χ3v) is 5.09. The minimum atomic E-state index is -3.75. The van der Waals surface area contributed by atoms with Crippen molar-refractivity contribution in [2.24, 2.45) is 0 Å². The van der Waals surface area contributed by atoms with Crippen LogP contribution in [-0.4, -0.2) is 28.6 Å². The van der Waals surface area contributed by atoms with Crippen LogP contribution in [0.2, 0.25) is 5.02 Å². The Hall–Kier alpha value is -2.29. The molecule has 0 radical (unpaired) electrons. The molecule has 1 N–H and O–H groups in total. The van der Waals surface area contributed by atoms with E-state index in [1.165, 1.54) is 16.8 Å². The first kappa shape index (κ1) is 16.6. The Labute approximate surface area is 144 Å².